The number of anilines is 2. The van der Waals surface area contributed by atoms with Crippen molar-refractivity contribution in [2.45, 2.75) is 13.8 Å². The van der Waals surface area contributed by atoms with Gasteiger partial charge in [-0.15, -0.1) is 0 Å². The molecule has 24 heavy (non-hydrogen) atoms. The summed E-state index contributed by atoms with van der Waals surface area (Å²) < 4.78 is 6.11. The van der Waals surface area contributed by atoms with Gasteiger partial charge in [-0.25, -0.2) is 9.97 Å². The number of amides is 1. The summed E-state index contributed by atoms with van der Waals surface area (Å²) in [6, 6.07) is 7.31. The average Bonchev–Trinajstić information content (AvgIpc) is 2.59. The molecule has 0 aliphatic carbocycles. The first-order valence-electron chi connectivity index (χ1n) is 7.80. The molecule has 0 unspecified atom stereocenters. The second kappa shape index (κ2) is 7.27. The molecule has 126 valence electrons. The number of morpholine rings is 1. The lowest BCUT2D eigenvalue weighted by molar-refractivity contribution is 0.102. The highest BCUT2D eigenvalue weighted by Crippen LogP contribution is 2.23. The van der Waals surface area contributed by atoms with E-state index in [4.69, 9.17) is 4.74 Å². The lowest BCUT2D eigenvalue weighted by Gasteiger charge is -2.27. The second-order valence-corrected chi connectivity index (χ2v) is 6.46. The van der Waals surface area contributed by atoms with Gasteiger partial charge in [-0.05, 0) is 41.9 Å². The standard InChI is InChI=1S/C17H19BrN4O2/c1-11-15(21-16(23)13-5-3-4-6-14(13)18)12(2)20-17(19-11)22-7-9-24-10-8-22/h3-6H,7-10H2,1-2H3,(H,21,23). The number of benzene rings is 1. The third-order valence-electron chi connectivity index (χ3n) is 3.91. The van der Waals surface area contributed by atoms with Crippen molar-refractivity contribution in [1.82, 2.24) is 9.97 Å². The third-order valence-corrected chi connectivity index (χ3v) is 4.60. The van der Waals surface area contributed by atoms with E-state index in [2.05, 4.69) is 36.1 Å². The molecule has 2 heterocycles. The van der Waals surface area contributed by atoms with Crippen molar-refractivity contribution in [3.05, 3.63) is 45.7 Å². The lowest BCUT2D eigenvalue weighted by atomic mass is 10.2. The molecule has 0 saturated carbocycles. The van der Waals surface area contributed by atoms with Gasteiger partial charge in [0.15, 0.2) is 0 Å². The smallest absolute Gasteiger partial charge is 0.256 e. The van der Waals surface area contributed by atoms with Crippen LogP contribution in [0.1, 0.15) is 21.7 Å². The normalized spacial score (nSPS) is 14.5. The highest BCUT2D eigenvalue weighted by Gasteiger charge is 2.18. The topological polar surface area (TPSA) is 67.3 Å². The molecule has 0 bridgehead atoms. The molecular formula is C17H19BrN4O2. The number of rotatable bonds is 3. The summed E-state index contributed by atoms with van der Waals surface area (Å²) in [7, 11) is 0. The summed E-state index contributed by atoms with van der Waals surface area (Å²) in [5, 5.41) is 2.93. The zero-order valence-electron chi connectivity index (χ0n) is 13.7. The van der Waals surface area contributed by atoms with E-state index < -0.39 is 0 Å². The second-order valence-electron chi connectivity index (χ2n) is 5.60. The Morgan fingerprint density at radius 2 is 1.79 bits per heavy atom. The molecule has 6 nitrogen and oxygen atoms in total. The van der Waals surface area contributed by atoms with Crippen LogP contribution in [0.15, 0.2) is 28.7 Å². The van der Waals surface area contributed by atoms with Crippen LogP contribution in [0.3, 0.4) is 0 Å². The van der Waals surface area contributed by atoms with Crippen LogP contribution >= 0.6 is 15.9 Å². The molecule has 1 N–H and O–H groups in total. The van der Waals surface area contributed by atoms with E-state index in [-0.39, 0.29) is 5.91 Å². The maximum absolute atomic E-state index is 12.5. The molecule has 1 aromatic heterocycles. The Hall–Kier alpha value is -1.99. The van der Waals surface area contributed by atoms with E-state index >= 15 is 0 Å². The van der Waals surface area contributed by atoms with E-state index in [0.717, 1.165) is 29.0 Å². The number of carbonyl (C=O) groups is 1. The predicted molar refractivity (Wildman–Crippen MR) is 96.6 cm³/mol. The number of ether oxygens (including phenoxy) is 1. The number of aryl methyl sites for hydroxylation is 2. The fourth-order valence-electron chi connectivity index (χ4n) is 2.61. The zero-order chi connectivity index (χ0) is 17.1. The van der Waals surface area contributed by atoms with Crippen molar-refractivity contribution in [1.29, 1.82) is 0 Å². The Morgan fingerprint density at radius 3 is 2.42 bits per heavy atom. The highest BCUT2D eigenvalue weighted by molar-refractivity contribution is 9.10. The van der Waals surface area contributed by atoms with Crippen molar-refractivity contribution in [2.24, 2.45) is 0 Å². The van der Waals surface area contributed by atoms with Crippen LogP contribution in [0, 0.1) is 13.8 Å². The largest absolute Gasteiger partial charge is 0.378 e. The number of halogens is 1. The molecule has 3 rings (SSSR count). The summed E-state index contributed by atoms with van der Waals surface area (Å²) in [6.07, 6.45) is 0. The van der Waals surface area contributed by atoms with Crippen LogP contribution in [-0.4, -0.2) is 42.2 Å². The third kappa shape index (κ3) is 3.57. The van der Waals surface area contributed by atoms with E-state index in [1.54, 1.807) is 6.07 Å². The zero-order valence-corrected chi connectivity index (χ0v) is 15.3. The lowest BCUT2D eigenvalue weighted by Crippen LogP contribution is -2.37. The van der Waals surface area contributed by atoms with Gasteiger partial charge in [0.05, 0.1) is 35.9 Å². The van der Waals surface area contributed by atoms with Crippen molar-refractivity contribution >= 4 is 33.5 Å². The minimum Gasteiger partial charge on any atom is -0.378 e. The van der Waals surface area contributed by atoms with E-state index in [1.165, 1.54) is 0 Å². The molecule has 7 heteroatoms. The molecule has 1 saturated heterocycles. The van der Waals surface area contributed by atoms with E-state index in [9.17, 15) is 4.79 Å². The Bertz CT molecular complexity index is 737. The molecule has 0 radical (unpaired) electrons. The summed E-state index contributed by atoms with van der Waals surface area (Å²) in [4.78, 5) is 23.7. The van der Waals surface area contributed by atoms with E-state index in [1.807, 2.05) is 32.0 Å². The fraction of sp³-hybridized carbons (Fsp3) is 0.353. The van der Waals surface area contributed by atoms with Gasteiger partial charge in [-0.3, -0.25) is 4.79 Å². The molecule has 1 amide bonds. The van der Waals surface area contributed by atoms with Crippen molar-refractivity contribution in [3.8, 4) is 0 Å². The van der Waals surface area contributed by atoms with Crippen LogP contribution in [-0.2, 0) is 4.74 Å². The van der Waals surface area contributed by atoms with Gasteiger partial charge in [-0.1, -0.05) is 12.1 Å². The van der Waals surface area contributed by atoms with Gasteiger partial charge >= 0.3 is 0 Å². The van der Waals surface area contributed by atoms with Crippen molar-refractivity contribution in [3.63, 3.8) is 0 Å². The molecule has 2 aromatic rings. The van der Waals surface area contributed by atoms with Gasteiger partial charge < -0.3 is 15.0 Å². The van der Waals surface area contributed by atoms with Crippen molar-refractivity contribution in [2.75, 3.05) is 36.5 Å². The molecular weight excluding hydrogens is 372 g/mol. The Labute approximate surface area is 149 Å². The number of hydrogen-bond donors (Lipinski definition) is 1. The Morgan fingerprint density at radius 1 is 1.17 bits per heavy atom. The molecule has 1 aliphatic rings. The van der Waals surface area contributed by atoms with Crippen LogP contribution in [0.25, 0.3) is 0 Å². The molecule has 1 fully saturated rings. The summed E-state index contributed by atoms with van der Waals surface area (Å²) in [5.41, 5.74) is 2.75. The summed E-state index contributed by atoms with van der Waals surface area (Å²) in [5.74, 6) is 0.503. The van der Waals surface area contributed by atoms with Crippen LogP contribution in [0.4, 0.5) is 11.6 Å². The first-order valence-corrected chi connectivity index (χ1v) is 8.59. The van der Waals surface area contributed by atoms with Crippen LogP contribution in [0.2, 0.25) is 0 Å². The Balaban J connectivity index is 1.83. The maximum Gasteiger partial charge on any atom is 0.256 e. The van der Waals surface area contributed by atoms with E-state index in [0.29, 0.717) is 30.4 Å². The van der Waals surface area contributed by atoms with Gasteiger partial charge in [0.25, 0.3) is 5.91 Å². The quantitative estimate of drug-likeness (QED) is 0.872. The number of hydrogen-bond acceptors (Lipinski definition) is 5. The van der Waals surface area contributed by atoms with Crippen molar-refractivity contribution < 1.29 is 9.53 Å². The van der Waals surface area contributed by atoms with Crippen LogP contribution in [0.5, 0.6) is 0 Å². The maximum atomic E-state index is 12.5. The first kappa shape index (κ1) is 16.9. The number of nitrogens with one attached hydrogen (secondary N) is 1. The molecule has 1 aliphatic heterocycles. The average molecular weight is 391 g/mol. The Kier molecular flexibility index (Phi) is 5.11. The number of aromatic nitrogens is 2. The summed E-state index contributed by atoms with van der Waals surface area (Å²) in [6.45, 7) is 6.69. The fourth-order valence-corrected chi connectivity index (χ4v) is 3.08. The van der Waals surface area contributed by atoms with Crippen LogP contribution < -0.4 is 10.2 Å². The minimum absolute atomic E-state index is 0.184. The van der Waals surface area contributed by atoms with Gasteiger partial charge in [0.1, 0.15) is 0 Å². The first-order chi connectivity index (χ1) is 11.6. The summed E-state index contributed by atoms with van der Waals surface area (Å²) >= 11 is 3.40. The molecule has 0 atom stereocenters. The van der Waals surface area contributed by atoms with Gasteiger partial charge in [0, 0.05) is 17.6 Å². The monoisotopic (exact) mass is 390 g/mol. The number of carbonyl (C=O) groups excluding carboxylic acids is 1. The molecule has 1 aromatic carbocycles. The predicted octanol–water partition coefficient (Wildman–Crippen LogP) is 2.94. The number of nitrogens with zero attached hydrogens (tertiary/aromatic N) is 3. The van der Waals surface area contributed by atoms with Gasteiger partial charge in [-0.2, -0.15) is 0 Å². The SMILES string of the molecule is Cc1nc(N2CCOCC2)nc(C)c1NC(=O)c1ccccc1Br. The highest BCUT2D eigenvalue weighted by atomic mass is 79.9. The van der Waals surface area contributed by atoms with Gasteiger partial charge in [0.2, 0.25) is 5.95 Å². The minimum atomic E-state index is -0.184. The molecule has 0 spiro atoms.